The molecule has 3 heterocycles. The van der Waals surface area contributed by atoms with Crippen molar-refractivity contribution < 1.29 is 27.5 Å². The van der Waals surface area contributed by atoms with Gasteiger partial charge in [-0.05, 0) is 0 Å². The fourth-order valence-corrected chi connectivity index (χ4v) is 3.55. The molecule has 0 aromatic carbocycles. The number of aromatic nitrogens is 3. The molecule has 0 atom stereocenters. The summed E-state index contributed by atoms with van der Waals surface area (Å²) in [5.74, 6) is 0.00568. The molecule has 3 rings (SSSR count). The quantitative estimate of drug-likeness (QED) is 0.157. The molecule has 0 amide bonds. The van der Waals surface area contributed by atoms with Gasteiger partial charge in [0, 0.05) is 0 Å². The van der Waals surface area contributed by atoms with E-state index in [1.54, 1.807) is 12.1 Å². The Hall–Kier alpha value is -0.103. The Labute approximate surface area is 193 Å². The third-order valence-corrected chi connectivity index (χ3v) is 6.18. The molecule has 10 heteroatoms. The number of nitrogens with zero attached hydrogens (tertiary/aromatic N) is 1. The Bertz CT molecular complexity index is 1070. The normalized spacial score (nSPS) is 10.4. The third-order valence-electron chi connectivity index (χ3n) is 3.23. The molecule has 4 radical (unpaired) electrons. The van der Waals surface area contributed by atoms with Gasteiger partial charge in [-0.15, -0.1) is 0 Å². The second-order valence-corrected chi connectivity index (χ2v) is 8.15. The molecule has 3 aromatic heterocycles. The van der Waals surface area contributed by atoms with Crippen molar-refractivity contribution in [1.82, 2.24) is 15.0 Å². The largest absolute Gasteiger partial charge is 1.00 e. The Balaban J connectivity index is 0.00000225. The first-order valence-electron chi connectivity index (χ1n) is 6.57. The van der Waals surface area contributed by atoms with Crippen LogP contribution < -0.4 is 8.70 Å². The maximum absolute atomic E-state index is 9.60. The van der Waals surface area contributed by atoms with Crippen LogP contribution in [0.25, 0.3) is 22.8 Å². The molecule has 0 fully saturated rings. The third kappa shape index (κ3) is 4.60. The maximum atomic E-state index is 9.60. The molecule has 0 spiro atoms. The molecule has 0 saturated carbocycles. The van der Waals surface area contributed by atoms with Crippen LogP contribution in [-0.4, -0.2) is 53.8 Å². The first kappa shape index (κ1) is 21.2. The van der Waals surface area contributed by atoms with E-state index in [2.05, 4.69) is 67.5 Å². The second kappa shape index (κ2) is 8.72. The minimum Gasteiger partial charge on any atom is 1.00 e. The number of hydrogen-bond donors (Lipinski definition) is 4. The number of thiol groups is 1. The monoisotopic (exact) mass is 599 g/mol. The summed E-state index contributed by atoms with van der Waals surface area (Å²) in [6.45, 7) is 0. The minimum atomic E-state index is 0. The topological polar surface area (TPSA) is 64.7 Å². The van der Waals surface area contributed by atoms with E-state index in [9.17, 15) is 5.11 Å². The number of hydrogen-bond acceptors (Lipinski definition) is 5. The summed E-state index contributed by atoms with van der Waals surface area (Å²) < 4.78 is 2.74. The average Bonchev–Trinajstić information content (AvgIpc) is 2.55. The van der Waals surface area contributed by atoms with Crippen LogP contribution in [0.4, 0.5) is 0 Å². The van der Waals surface area contributed by atoms with E-state index in [0.29, 0.717) is 24.9 Å². The van der Waals surface area contributed by atoms with Crippen LogP contribution >= 0.6 is 37.1 Å². The Kier molecular flexibility index (Phi) is 7.40. The van der Waals surface area contributed by atoms with Gasteiger partial charge in [0.2, 0.25) is 0 Å². The van der Waals surface area contributed by atoms with Crippen LogP contribution in [0.3, 0.4) is 0 Å². The molecule has 25 heavy (non-hydrogen) atoms. The Morgan fingerprint density at radius 3 is 2.52 bits per heavy atom. The Morgan fingerprint density at radius 2 is 1.84 bits per heavy atom. The molecule has 0 aliphatic rings. The predicted octanol–water partition coefficient (Wildman–Crippen LogP) is 1.91. The maximum Gasteiger partial charge on any atom is 1.00 e. The predicted molar refractivity (Wildman–Crippen MR) is 104 cm³/mol. The van der Waals surface area contributed by atoms with Crippen molar-refractivity contribution >= 4 is 79.5 Å². The summed E-state index contributed by atoms with van der Waals surface area (Å²) in [6, 6.07) is 7.18. The summed E-state index contributed by atoms with van der Waals surface area (Å²) in [7, 11) is 0. The van der Waals surface area contributed by atoms with Crippen LogP contribution in [0.2, 0.25) is 0 Å². The van der Waals surface area contributed by atoms with Gasteiger partial charge in [-0.1, -0.05) is 0 Å². The summed E-state index contributed by atoms with van der Waals surface area (Å²) >= 11 is 19.9. The molecule has 3 N–H and O–H groups in total. The van der Waals surface area contributed by atoms with Crippen LogP contribution in [0, 0.1) is 15.3 Å². The molecule has 0 bridgehead atoms. The van der Waals surface area contributed by atoms with Gasteiger partial charge >= 0.3 is 195 Å². The molecule has 128 valence electrons. The van der Waals surface area contributed by atoms with Crippen molar-refractivity contribution in [3.63, 3.8) is 0 Å². The zero-order chi connectivity index (χ0) is 17.4. The fourth-order valence-electron chi connectivity index (χ4n) is 2.07. The molecule has 0 aliphatic carbocycles. The van der Waals surface area contributed by atoms with Crippen molar-refractivity contribution in [3.05, 3.63) is 39.6 Å². The summed E-state index contributed by atoms with van der Waals surface area (Å²) in [5, 5.41) is 9.60. The van der Waals surface area contributed by atoms with Crippen LogP contribution in [0.1, 0.15) is 0 Å². The Morgan fingerprint density at radius 1 is 1.12 bits per heavy atom. The van der Waals surface area contributed by atoms with E-state index >= 15 is 0 Å². The van der Waals surface area contributed by atoms with Crippen molar-refractivity contribution in [2.45, 2.75) is 4.90 Å². The zero-order valence-corrected chi connectivity index (χ0v) is 19.9. The van der Waals surface area contributed by atoms with Gasteiger partial charge in [0.05, 0.1) is 0 Å². The van der Waals surface area contributed by atoms with Gasteiger partial charge in [0.1, 0.15) is 0 Å². The van der Waals surface area contributed by atoms with Gasteiger partial charge in [-0.2, -0.15) is 0 Å². The summed E-state index contributed by atoms with van der Waals surface area (Å²) in [4.78, 5) is 11.3. The van der Waals surface area contributed by atoms with E-state index in [4.69, 9.17) is 24.4 Å². The second-order valence-electron chi connectivity index (χ2n) is 4.84. The van der Waals surface area contributed by atoms with Gasteiger partial charge in [0.25, 0.3) is 0 Å². The van der Waals surface area contributed by atoms with Crippen molar-refractivity contribution in [3.8, 4) is 28.5 Å². The van der Waals surface area contributed by atoms with E-state index in [0.717, 1.165) is 20.6 Å². The van der Waals surface area contributed by atoms with Crippen LogP contribution in [0.5, 0.6) is 5.75 Å². The summed E-state index contributed by atoms with van der Waals surface area (Å²) in [6.07, 6.45) is 2.57. The average molecular weight is 600 g/mol. The van der Waals surface area contributed by atoms with Crippen molar-refractivity contribution in [2.24, 2.45) is 0 Å². The molecule has 3 aromatic rings. The van der Waals surface area contributed by atoms with Gasteiger partial charge in [-0.25, -0.2) is 0 Å². The first-order valence-corrected chi connectivity index (χ1v) is 9.71. The standard InChI is InChI=1S/C15H8As2N3OS3.Ag/c16-6-3-7(18-5-9(6)21)8-4-11(23)13(17)15(19-8)14-10(22)1-2-12(24)20-14;/h1-4,21-22H,(H,19,23)(H,20,24);/q-1;+1. The smallest absolute Gasteiger partial charge is 1.00 e. The molecule has 0 saturated heterocycles. The number of pyridine rings is 3. The number of rotatable bonds is 2. The fraction of sp³-hybridized carbons (Fsp3) is 0. The molecular weight excluding hydrogens is 592 g/mol. The molecular formula is C15H8AgAs2N3OS3. The van der Waals surface area contributed by atoms with E-state index < -0.39 is 0 Å². The molecule has 0 unspecified atom stereocenters. The molecule has 4 nitrogen and oxygen atoms in total. The van der Waals surface area contributed by atoms with Gasteiger partial charge < -0.3 is 0 Å². The van der Waals surface area contributed by atoms with E-state index in [1.165, 1.54) is 0 Å². The summed E-state index contributed by atoms with van der Waals surface area (Å²) in [5.41, 5.74) is 2.86. The van der Waals surface area contributed by atoms with Gasteiger partial charge in [-0.3, -0.25) is 0 Å². The number of H-pyrrole nitrogens is 2. The number of nitrogens with one attached hydrogen (secondary N) is 2. The number of aromatic amines is 2. The SMILES string of the molecule is Oc1[c-]nc(-c2cc(=S)c([As])c(-c3[nH]c(=S)ccc3S)[nH]2)cc1[As].[Ag+]. The molecule has 0 aliphatic heterocycles. The van der Waals surface area contributed by atoms with Crippen molar-refractivity contribution in [2.75, 3.05) is 0 Å². The van der Waals surface area contributed by atoms with Crippen LogP contribution in [-0.2, 0) is 22.4 Å². The minimum absolute atomic E-state index is 0. The van der Waals surface area contributed by atoms with Gasteiger partial charge in [0.15, 0.2) is 0 Å². The van der Waals surface area contributed by atoms with Crippen molar-refractivity contribution in [1.29, 1.82) is 0 Å². The van der Waals surface area contributed by atoms with E-state index in [-0.39, 0.29) is 28.1 Å². The van der Waals surface area contributed by atoms with Crippen LogP contribution in [0.15, 0.2) is 29.2 Å². The number of aromatic hydroxyl groups is 1. The van der Waals surface area contributed by atoms with E-state index in [1.807, 2.05) is 12.1 Å². The first-order chi connectivity index (χ1) is 11.4. The zero-order valence-electron chi connectivity index (χ0n) is 12.2.